The van der Waals surface area contributed by atoms with Gasteiger partial charge in [0.15, 0.2) is 10.8 Å². The van der Waals surface area contributed by atoms with Crippen molar-refractivity contribution in [1.29, 1.82) is 0 Å². The molecule has 1 aliphatic heterocycles. The average Bonchev–Trinajstić information content (AvgIpc) is 3.08. The second-order valence-corrected chi connectivity index (χ2v) is 7.46. The van der Waals surface area contributed by atoms with Crippen molar-refractivity contribution in [2.75, 3.05) is 19.6 Å². The number of nitrogens with one attached hydrogen (secondary N) is 1. The van der Waals surface area contributed by atoms with Crippen molar-refractivity contribution in [2.45, 2.75) is 31.7 Å². The average molecular weight is 331 g/mol. The Hall–Kier alpha value is -1.66. The third-order valence-electron chi connectivity index (χ3n) is 4.73. The Bertz CT molecular complexity index is 655. The van der Waals surface area contributed by atoms with Gasteiger partial charge in [-0.25, -0.2) is 4.98 Å². The summed E-state index contributed by atoms with van der Waals surface area (Å²) in [5.41, 5.74) is 0. The van der Waals surface area contributed by atoms with Gasteiger partial charge in [-0.3, -0.25) is 4.79 Å². The summed E-state index contributed by atoms with van der Waals surface area (Å²) >= 11 is 1.37. The van der Waals surface area contributed by atoms with Crippen LogP contribution < -0.4 is 5.32 Å². The van der Waals surface area contributed by atoms with E-state index in [4.69, 9.17) is 4.42 Å². The molecule has 3 heterocycles. The SMILES string of the molecule is O=C(NCC1CCN(C2CC2)CC1)c1cnc(-c2ccco2)s1. The van der Waals surface area contributed by atoms with Gasteiger partial charge in [-0.2, -0.15) is 0 Å². The Morgan fingerprint density at radius 3 is 2.87 bits per heavy atom. The van der Waals surface area contributed by atoms with Crippen LogP contribution in [0, 0.1) is 5.92 Å². The van der Waals surface area contributed by atoms with E-state index in [0.29, 0.717) is 16.6 Å². The van der Waals surface area contributed by atoms with E-state index in [0.717, 1.165) is 17.6 Å². The van der Waals surface area contributed by atoms with E-state index in [9.17, 15) is 4.79 Å². The molecule has 23 heavy (non-hydrogen) atoms. The summed E-state index contributed by atoms with van der Waals surface area (Å²) in [6.07, 6.45) is 8.39. The monoisotopic (exact) mass is 331 g/mol. The molecule has 4 rings (SSSR count). The Morgan fingerprint density at radius 2 is 2.17 bits per heavy atom. The predicted octanol–water partition coefficient (Wildman–Crippen LogP) is 3.01. The molecule has 0 unspecified atom stereocenters. The second kappa shape index (κ2) is 6.45. The zero-order valence-corrected chi connectivity index (χ0v) is 13.8. The number of carbonyl (C=O) groups excluding carboxylic acids is 1. The number of carbonyl (C=O) groups is 1. The van der Waals surface area contributed by atoms with Gasteiger partial charge in [-0.1, -0.05) is 0 Å². The topological polar surface area (TPSA) is 58.4 Å². The van der Waals surface area contributed by atoms with Crippen LogP contribution in [-0.2, 0) is 0 Å². The zero-order chi connectivity index (χ0) is 15.6. The quantitative estimate of drug-likeness (QED) is 0.915. The van der Waals surface area contributed by atoms with Crippen LogP contribution in [0.5, 0.6) is 0 Å². The number of nitrogens with zero attached hydrogens (tertiary/aromatic N) is 2. The number of aromatic nitrogens is 1. The minimum atomic E-state index is -0.0232. The lowest BCUT2D eigenvalue weighted by Crippen LogP contribution is -2.39. The normalized spacial score (nSPS) is 19.8. The molecule has 2 fully saturated rings. The molecular weight excluding hydrogens is 310 g/mol. The predicted molar refractivity (Wildman–Crippen MR) is 89.5 cm³/mol. The Morgan fingerprint density at radius 1 is 1.35 bits per heavy atom. The molecule has 1 saturated carbocycles. The summed E-state index contributed by atoms with van der Waals surface area (Å²) < 4.78 is 5.31. The van der Waals surface area contributed by atoms with E-state index < -0.39 is 0 Å². The fraction of sp³-hybridized carbons (Fsp3) is 0.529. The molecule has 1 amide bonds. The van der Waals surface area contributed by atoms with Gasteiger partial charge in [0.25, 0.3) is 5.91 Å². The molecule has 1 saturated heterocycles. The minimum absolute atomic E-state index is 0.0232. The zero-order valence-electron chi connectivity index (χ0n) is 13.0. The molecule has 1 N–H and O–H groups in total. The standard InChI is InChI=1S/C17H21N3O2S/c21-16(15-11-19-17(23-15)14-2-1-9-22-14)18-10-12-5-7-20(8-6-12)13-3-4-13/h1-2,9,11-13H,3-8,10H2,(H,18,21). The molecule has 2 aliphatic rings. The molecular formula is C17H21N3O2S. The van der Waals surface area contributed by atoms with Crippen LogP contribution in [-0.4, -0.2) is 41.5 Å². The Kier molecular flexibility index (Phi) is 4.18. The molecule has 0 spiro atoms. The molecule has 0 bridgehead atoms. The Labute approximate surface area is 139 Å². The summed E-state index contributed by atoms with van der Waals surface area (Å²) in [4.78, 5) is 19.8. The van der Waals surface area contributed by atoms with E-state index in [1.165, 1.54) is 50.1 Å². The molecule has 1 aliphatic carbocycles. The van der Waals surface area contributed by atoms with E-state index in [1.807, 2.05) is 12.1 Å². The fourth-order valence-electron chi connectivity index (χ4n) is 3.18. The highest BCUT2D eigenvalue weighted by molar-refractivity contribution is 7.16. The van der Waals surface area contributed by atoms with Gasteiger partial charge in [0.05, 0.1) is 12.5 Å². The second-order valence-electron chi connectivity index (χ2n) is 6.43. The van der Waals surface area contributed by atoms with Gasteiger partial charge in [-0.15, -0.1) is 11.3 Å². The van der Waals surface area contributed by atoms with Gasteiger partial charge in [0.2, 0.25) is 0 Å². The highest BCUT2D eigenvalue weighted by Crippen LogP contribution is 2.30. The van der Waals surface area contributed by atoms with Crippen LogP contribution in [0.15, 0.2) is 29.0 Å². The largest absolute Gasteiger partial charge is 0.462 e. The molecule has 6 heteroatoms. The molecule has 2 aromatic rings. The molecule has 0 atom stereocenters. The summed E-state index contributed by atoms with van der Waals surface area (Å²) in [5, 5.41) is 3.82. The molecule has 122 valence electrons. The summed E-state index contributed by atoms with van der Waals surface area (Å²) in [5.74, 6) is 1.29. The molecule has 2 aromatic heterocycles. The number of hydrogen-bond donors (Lipinski definition) is 1. The number of likely N-dealkylation sites (tertiary alicyclic amines) is 1. The third kappa shape index (κ3) is 3.48. The third-order valence-corrected chi connectivity index (χ3v) is 5.74. The highest BCUT2D eigenvalue weighted by atomic mass is 32.1. The van der Waals surface area contributed by atoms with Crippen molar-refractivity contribution in [3.8, 4) is 10.8 Å². The van der Waals surface area contributed by atoms with E-state index in [2.05, 4.69) is 15.2 Å². The van der Waals surface area contributed by atoms with Gasteiger partial charge in [0.1, 0.15) is 4.88 Å². The number of thiazole rings is 1. The number of hydrogen-bond acceptors (Lipinski definition) is 5. The lowest BCUT2D eigenvalue weighted by molar-refractivity contribution is 0.0938. The smallest absolute Gasteiger partial charge is 0.263 e. The number of amides is 1. The first kappa shape index (κ1) is 14.9. The van der Waals surface area contributed by atoms with Gasteiger partial charge >= 0.3 is 0 Å². The van der Waals surface area contributed by atoms with Gasteiger partial charge < -0.3 is 14.6 Å². The summed E-state index contributed by atoms with van der Waals surface area (Å²) in [6.45, 7) is 3.15. The summed E-state index contributed by atoms with van der Waals surface area (Å²) in [6, 6.07) is 4.54. The molecule has 0 radical (unpaired) electrons. The van der Waals surface area contributed by atoms with Crippen LogP contribution in [0.4, 0.5) is 0 Å². The van der Waals surface area contributed by atoms with Crippen LogP contribution >= 0.6 is 11.3 Å². The maximum atomic E-state index is 12.3. The van der Waals surface area contributed by atoms with E-state index in [1.54, 1.807) is 12.5 Å². The van der Waals surface area contributed by atoms with Gasteiger partial charge in [-0.05, 0) is 56.8 Å². The van der Waals surface area contributed by atoms with Crippen molar-refractivity contribution < 1.29 is 9.21 Å². The van der Waals surface area contributed by atoms with Crippen LogP contribution in [0.1, 0.15) is 35.4 Å². The van der Waals surface area contributed by atoms with Gasteiger partial charge in [0, 0.05) is 12.6 Å². The Balaban J connectivity index is 1.27. The van der Waals surface area contributed by atoms with Crippen LogP contribution in [0.25, 0.3) is 10.8 Å². The number of rotatable bonds is 5. The maximum Gasteiger partial charge on any atom is 0.263 e. The number of piperidine rings is 1. The lowest BCUT2D eigenvalue weighted by atomic mass is 9.96. The van der Waals surface area contributed by atoms with E-state index >= 15 is 0 Å². The van der Waals surface area contributed by atoms with Crippen molar-refractivity contribution in [3.63, 3.8) is 0 Å². The number of furan rings is 1. The van der Waals surface area contributed by atoms with Crippen LogP contribution in [0.2, 0.25) is 0 Å². The maximum absolute atomic E-state index is 12.3. The fourth-order valence-corrected chi connectivity index (χ4v) is 3.98. The minimum Gasteiger partial charge on any atom is -0.462 e. The van der Waals surface area contributed by atoms with Crippen molar-refractivity contribution in [2.24, 2.45) is 5.92 Å². The molecule has 5 nitrogen and oxygen atoms in total. The van der Waals surface area contributed by atoms with Crippen LogP contribution in [0.3, 0.4) is 0 Å². The highest BCUT2D eigenvalue weighted by Gasteiger charge is 2.31. The van der Waals surface area contributed by atoms with Crippen molar-refractivity contribution >= 4 is 17.2 Å². The lowest BCUT2D eigenvalue weighted by Gasteiger charge is -2.31. The first-order valence-electron chi connectivity index (χ1n) is 8.31. The van der Waals surface area contributed by atoms with E-state index in [-0.39, 0.29) is 5.91 Å². The van der Waals surface area contributed by atoms with Crippen molar-refractivity contribution in [1.82, 2.24) is 15.2 Å². The summed E-state index contributed by atoms with van der Waals surface area (Å²) in [7, 11) is 0. The molecule has 0 aromatic carbocycles. The first-order valence-corrected chi connectivity index (χ1v) is 9.13. The first-order chi connectivity index (χ1) is 11.3. The van der Waals surface area contributed by atoms with Crippen molar-refractivity contribution in [3.05, 3.63) is 29.5 Å².